The first-order chi connectivity index (χ1) is 12.3. The summed E-state index contributed by atoms with van der Waals surface area (Å²) in [6.07, 6.45) is 0.312. The number of hydrogen-bond donors (Lipinski definition) is 1. The van der Waals surface area contributed by atoms with Gasteiger partial charge >= 0.3 is 0 Å². The lowest BCUT2D eigenvalue weighted by Gasteiger charge is -2.19. The van der Waals surface area contributed by atoms with E-state index in [1.54, 1.807) is 18.2 Å². The number of hydrogen-bond acceptors (Lipinski definition) is 5. The smallest absolute Gasteiger partial charge is 0.255 e. The third-order valence-electron chi connectivity index (χ3n) is 4.03. The number of benzene rings is 2. The highest BCUT2D eigenvalue weighted by atomic mass is 32.2. The van der Waals surface area contributed by atoms with Crippen LogP contribution in [0.4, 0.5) is 5.69 Å². The van der Waals surface area contributed by atoms with Gasteiger partial charge in [-0.25, -0.2) is 12.7 Å². The number of Topliss-reactive ketones (excluding diaryl/α,β-unsaturated/α-hetero) is 1. The van der Waals surface area contributed by atoms with Gasteiger partial charge < -0.3 is 10.1 Å². The molecule has 3 rings (SSSR count). The van der Waals surface area contributed by atoms with Crippen LogP contribution in [0.15, 0.2) is 47.4 Å². The first kappa shape index (κ1) is 18.1. The van der Waals surface area contributed by atoms with E-state index in [-0.39, 0.29) is 17.3 Å². The summed E-state index contributed by atoms with van der Waals surface area (Å²) in [7, 11) is -0.672. The fourth-order valence-electron chi connectivity index (χ4n) is 2.57. The summed E-state index contributed by atoms with van der Waals surface area (Å²) in [5.41, 5.74) is 1.15. The average Bonchev–Trinajstić information content (AvgIpc) is 2.62. The zero-order valence-corrected chi connectivity index (χ0v) is 15.2. The molecule has 0 bridgehead atoms. The maximum atomic E-state index is 12.5. The molecule has 1 amide bonds. The van der Waals surface area contributed by atoms with E-state index in [9.17, 15) is 18.0 Å². The van der Waals surface area contributed by atoms with Gasteiger partial charge in [0.15, 0.2) is 11.5 Å². The summed E-state index contributed by atoms with van der Waals surface area (Å²) in [5, 5.41) is 2.71. The van der Waals surface area contributed by atoms with Crippen molar-refractivity contribution in [2.45, 2.75) is 11.3 Å². The Morgan fingerprint density at radius 3 is 2.46 bits per heavy atom. The predicted octanol–water partition coefficient (Wildman–Crippen LogP) is 2.15. The van der Waals surface area contributed by atoms with Crippen LogP contribution in [0.3, 0.4) is 0 Å². The van der Waals surface area contributed by atoms with Gasteiger partial charge in [0.25, 0.3) is 5.91 Å². The Morgan fingerprint density at radius 1 is 1.12 bits per heavy atom. The fraction of sp³-hybridized carbons (Fsp3) is 0.222. The summed E-state index contributed by atoms with van der Waals surface area (Å²) in [4.78, 5) is 24.5. The summed E-state index contributed by atoms with van der Waals surface area (Å²) >= 11 is 0. The Kier molecular flexibility index (Phi) is 4.80. The van der Waals surface area contributed by atoms with E-state index in [0.29, 0.717) is 29.0 Å². The van der Waals surface area contributed by atoms with Gasteiger partial charge in [-0.3, -0.25) is 9.59 Å². The molecule has 1 N–H and O–H groups in total. The molecule has 0 saturated heterocycles. The molecule has 0 spiro atoms. The zero-order valence-electron chi connectivity index (χ0n) is 14.4. The third kappa shape index (κ3) is 3.33. The standard InChI is InChI=1S/C18H18N2O5S/c1-20(2)26(23,24)13-8-6-12(7-9-13)18(22)19-15-5-3-4-14-16(21)10-11-25-17(14)15/h3-9H,10-11H2,1-2H3,(H,19,22). The minimum absolute atomic E-state index is 0.0272. The van der Waals surface area contributed by atoms with Gasteiger partial charge in [-0.1, -0.05) is 6.07 Å². The highest BCUT2D eigenvalue weighted by Crippen LogP contribution is 2.33. The summed E-state index contributed by atoms with van der Waals surface area (Å²) in [6.45, 7) is 0.274. The normalized spacial score (nSPS) is 13.9. The minimum atomic E-state index is -3.55. The molecule has 0 fully saturated rings. The molecule has 0 aromatic heterocycles. The van der Waals surface area contributed by atoms with Crippen molar-refractivity contribution in [3.8, 4) is 5.75 Å². The van der Waals surface area contributed by atoms with Gasteiger partial charge in [0, 0.05) is 26.1 Å². The number of nitrogens with one attached hydrogen (secondary N) is 1. The number of fused-ring (bicyclic) bond motifs is 1. The predicted molar refractivity (Wildman–Crippen MR) is 96.2 cm³/mol. The van der Waals surface area contributed by atoms with Gasteiger partial charge in [0.2, 0.25) is 10.0 Å². The largest absolute Gasteiger partial charge is 0.490 e. The first-order valence-electron chi connectivity index (χ1n) is 7.93. The molecule has 0 atom stereocenters. The van der Waals surface area contributed by atoms with Crippen LogP contribution in [-0.4, -0.2) is 45.1 Å². The quantitative estimate of drug-likeness (QED) is 0.885. The SMILES string of the molecule is CN(C)S(=O)(=O)c1ccc(C(=O)Nc2cccc3c2OCCC3=O)cc1. The molecule has 8 heteroatoms. The van der Waals surface area contributed by atoms with E-state index in [1.165, 1.54) is 38.4 Å². The Hall–Kier alpha value is -2.71. The number of nitrogens with zero attached hydrogens (tertiary/aromatic N) is 1. The van der Waals surface area contributed by atoms with Crippen LogP contribution in [0.1, 0.15) is 27.1 Å². The van der Waals surface area contributed by atoms with Crippen molar-refractivity contribution in [1.82, 2.24) is 4.31 Å². The van der Waals surface area contributed by atoms with E-state index < -0.39 is 15.9 Å². The van der Waals surface area contributed by atoms with Crippen molar-refractivity contribution >= 4 is 27.4 Å². The van der Waals surface area contributed by atoms with Crippen LogP contribution in [0, 0.1) is 0 Å². The van der Waals surface area contributed by atoms with E-state index in [2.05, 4.69) is 5.32 Å². The van der Waals surface area contributed by atoms with Crippen LogP contribution in [-0.2, 0) is 10.0 Å². The van der Waals surface area contributed by atoms with Gasteiger partial charge in [-0.2, -0.15) is 0 Å². The Bertz CT molecular complexity index is 966. The van der Waals surface area contributed by atoms with Crippen LogP contribution in [0.5, 0.6) is 5.75 Å². The lowest BCUT2D eigenvalue weighted by Crippen LogP contribution is -2.22. The molecule has 2 aromatic carbocycles. The van der Waals surface area contributed by atoms with E-state index in [4.69, 9.17) is 4.74 Å². The summed E-state index contributed by atoms with van der Waals surface area (Å²) < 4.78 is 30.8. The third-order valence-corrected chi connectivity index (χ3v) is 5.86. The number of carbonyl (C=O) groups excluding carboxylic acids is 2. The second-order valence-corrected chi connectivity index (χ2v) is 8.12. The van der Waals surface area contributed by atoms with Gasteiger partial charge in [0.05, 0.1) is 22.8 Å². The zero-order chi connectivity index (χ0) is 18.9. The Balaban J connectivity index is 1.84. The fourth-order valence-corrected chi connectivity index (χ4v) is 3.48. The molecule has 1 aliphatic heterocycles. The van der Waals surface area contributed by atoms with Crippen molar-refractivity contribution in [3.63, 3.8) is 0 Å². The van der Waals surface area contributed by atoms with Crippen molar-refractivity contribution in [3.05, 3.63) is 53.6 Å². The van der Waals surface area contributed by atoms with Crippen LogP contribution in [0.25, 0.3) is 0 Å². The molecule has 0 saturated carbocycles. The lowest BCUT2D eigenvalue weighted by molar-refractivity contribution is 0.0931. The number of rotatable bonds is 4. The number of ketones is 1. The highest BCUT2D eigenvalue weighted by molar-refractivity contribution is 7.89. The van der Waals surface area contributed by atoms with Crippen LogP contribution in [0.2, 0.25) is 0 Å². The molecule has 136 valence electrons. The molecule has 26 heavy (non-hydrogen) atoms. The van der Waals surface area contributed by atoms with Crippen molar-refractivity contribution in [1.29, 1.82) is 0 Å². The van der Waals surface area contributed by atoms with Gasteiger partial charge in [-0.15, -0.1) is 0 Å². The van der Waals surface area contributed by atoms with E-state index >= 15 is 0 Å². The number of carbonyl (C=O) groups is 2. The van der Waals surface area contributed by atoms with Gasteiger partial charge in [-0.05, 0) is 36.4 Å². The van der Waals surface area contributed by atoms with E-state index in [1.807, 2.05) is 0 Å². The lowest BCUT2D eigenvalue weighted by atomic mass is 10.0. The Labute approximate surface area is 151 Å². The number of ether oxygens (including phenoxy) is 1. The number of sulfonamides is 1. The number of amides is 1. The minimum Gasteiger partial charge on any atom is -0.490 e. The van der Waals surface area contributed by atoms with E-state index in [0.717, 1.165) is 4.31 Å². The highest BCUT2D eigenvalue weighted by Gasteiger charge is 2.22. The summed E-state index contributed by atoms with van der Waals surface area (Å²) in [6, 6.07) is 10.6. The maximum Gasteiger partial charge on any atom is 0.255 e. The summed E-state index contributed by atoms with van der Waals surface area (Å²) in [5.74, 6) is -0.0849. The second-order valence-electron chi connectivity index (χ2n) is 5.97. The molecule has 0 aliphatic carbocycles. The molecule has 1 heterocycles. The molecule has 7 nitrogen and oxygen atoms in total. The van der Waals surface area contributed by atoms with Crippen molar-refractivity contribution < 1.29 is 22.7 Å². The molecule has 0 radical (unpaired) electrons. The second kappa shape index (κ2) is 6.89. The first-order valence-corrected chi connectivity index (χ1v) is 9.37. The van der Waals surface area contributed by atoms with Crippen LogP contribution < -0.4 is 10.1 Å². The molecule has 1 aliphatic rings. The van der Waals surface area contributed by atoms with Crippen molar-refractivity contribution in [2.75, 3.05) is 26.0 Å². The molecule has 2 aromatic rings. The number of para-hydroxylation sites is 1. The monoisotopic (exact) mass is 374 g/mol. The number of anilines is 1. The average molecular weight is 374 g/mol. The molecular formula is C18H18N2O5S. The Morgan fingerprint density at radius 2 is 1.81 bits per heavy atom. The maximum absolute atomic E-state index is 12.5. The van der Waals surface area contributed by atoms with Crippen LogP contribution >= 0.6 is 0 Å². The topological polar surface area (TPSA) is 92.8 Å². The molecule has 0 unspecified atom stereocenters. The molecular weight excluding hydrogens is 356 g/mol. The van der Waals surface area contributed by atoms with Gasteiger partial charge in [0.1, 0.15) is 0 Å². The van der Waals surface area contributed by atoms with Crippen molar-refractivity contribution in [2.24, 2.45) is 0 Å².